The van der Waals surface area contributed by atoms with Crippen molar-refractivity contribution in [2.24, 2.45) is 5.92 Å². The number of rotatable bonds is 9. The van der Waals surface area contributed by atoms with Crippen LogP contribution in [-0.4, -0.2) is 48.5 Å². The zero-order chi connectivity index (χ0) is 24.8. The molecule has 10 heteroatoms. The van der Waals surface area contributed by atoms with Crippen LogP contribution in [-0.2, 0) is 9.59 Å². The molecular formula is C25H27FN6O3. The number of amides is 2. The number of anilines is 4. The van der Waals surface area contributed by atoms with Crippen LogP contribution in [0.1, 0.15) is 12.1 Å². The van der Waals surface area contributed by atoms with Gasteiger partial charge in [0, 0.05) is 49.2 Å². The number of nitrogens with zero attached hydrogens (tertiary/aromatic N) is 3. The number of aromatic nitrogens is 2. The van der Waals surface area contributed by atoms with Crippen molar-refractivity contribution in [3.05, 3.63) is 66.1 Å². The molecule has 1 aliphatic heterocycles. The van der Waals surface area contributed by atoms with E-state index in [9.17, 15) is 14.0 Å². The number of halogens is 1. The summed E-state index contributed by atoms with van der Waals surface area (Å²) in [6.45, 7) is 2.90. The lowest BCUT2D eigenvalue weighted by Gasteiger charge is -2.16. The number of nitrogens with one attached hydrogen (secondary N) is 3. The minimum Gasteiger partial charge on any atom is -0.497 e. The summed E-state index contributed by atoms with van der Waals surface area (Å²) in [5, 5.41) is 9.20. The fourth-order valence-corrected chi connectivity index (χ4v) is 3.79. The number of benzene rings is 2. The van der Waals surface area contributed by atoms with E-state index in [0.29, 0.717) is 30.5 Å². The third-order valence-electron chi connectivity index (χ3n) is 5.56. The summed E-state index contributed by atoms with van der Waals surface area (Å²) >= 11 is 0. The van der Waals surface area contributed by atoms with Gasteiger partial charge in [-0.25, -0.2) is 9.37 Å². The number of carbonyl (C=O) groups excluding carboxylic acids is 2. The van der Waals surface area contributed by atoms with Gasteiger partial charge in [-0.3, -0.25) is 9.59 Å². The van der Waals surface area contributed by atoms with Gasteiger partial charge in [0.15, 0.2) is 0 Å². The molecule has 2 heterocycles. The predicted octanol–water partition coefficient (Wildman–Crippen LogP) is 3.26. The zero-order valence-corrected chi connectivity index (χ0v) is 19.5. The molecule has 4 rings (SSSR count). The van der Waals surface area contributed by atoms with Crippen molar-refractivity contribution in [3.8, 4) is 5.75 Å². The fourth-order valence-electron chi connectivity index (χ4n) is 3.79. The molecule has 0 saturated carbocycles. The number of aryl methyl sites for hydroxylation is 1. The molecule has 1 fully saturated rings. The minimum atomic E-state index is -0.455. The Hall–Kier alpha value is -4.21. The summed E-state index contributed by atoms with van der Waals surface area (Å²) in [5.41, 5.74) is 2.24. The van der Waals surface area contributed by atoms with Gasteiger partial charge in [-0.15, -0.1) is 0 Å². The van der Waals surface area contributed by atoms with Crippen molar-refractivity contribution in [1.82, 2.24) is 15.3 Å². The molecule has 2 amide bonds. The van der Waals surface area contributed by atoms with Crippen LogP contribution in [0.4, 0.5) is 27.5 Å². The Morgan fingerprint density at radius 1 is 1.11 bits per heavy atom. The third-order valence-corrected chi connectivity index (χ3v) is 5.56. The molecule has 35 heavy (non-hydrogen) atoms. The number of ether oxygens (including phenoxy) is 1. The van der Waals surface area contributed by atoms with Crippen LogP contribution in [0.5, 0.6) is 5.75 Å². The third kappa shape index (κ3) is 6.23. The molecule has 182 valence electrons. The van der Waals surface area contributed by atoms with Crippen molar-refractivity contribution >= 4 is 35.0 Å². The second kappa shape index (κ2) is 10.8. The topological polar surface area (TPSA) is 108 Å². The first-order chi connectivity index (χ1) is 16.9. The fraction of sp³-hybridized carbons (Fsp3) is 0.280. The molecule has 0 radical (unpaired) electrons. The number of carbonyl (C=O) groups is 2. The first kappa shape index (κ1) is 23.9. The number of hydrogen-bond donors (Lipinski definition) is 3. The summed E-state index contributed by atoms with van der Waals surface area (Å²) < 4.78 is 18.3. The smallest absolute Gasteiger partial charge is 0.227 e. The van der Waals surface area contributed by atoms with Gasteiger partial charge < -0.3 is 25.6 Å². The standard InChI is InChI=1S/C25H27FN6O3/c1-16-13-22(30-19-5-9-21(35-2)10-6-19)31-25(29-16)28-12-11-27-24(34)17-14-23(33)32(15-17)20-7-3-18(26)4-8-20/h3-10,13,17H,11-12,14-15H2,1-2H3,(H,27,34)(H2,28,29,30,31). The molecule has 1 atom stereocenters. The van der Waals surface area contributed by atoms with E-state index in [0.717, 1.165) is 17.1 Å². The molecule has 3 N–H and O–H groups in total. The molecule has 2 aromatic carbocycles. The first-order valence-electron chi connectivity index (χ1n) is 11.3. The molecular weight excluding hydrogens is 451 g/mol. The van der Waals surface area contributed by atoms with Crippen LogP contribution < -0.4 is 25.6 Å². The van der Waals surface area contributed by atoms with Gasteiger partial charge in [-0.1, -0.05) is 0 Å². The van der Waals surface area contributed by atoms with Gasteiger partial charge in [0.2, 0.25) is 17.8 Å². The second-order valence-electron chi connectivity index (χ2n) is 8.17. The van der Waals surface area contributed by atoms with Gasteiger partial charge in [0.25, 0.3) is 0 Å². The lowest BCUT2D eigenvalue weighted by atomic mass is 10.1. The number of hydrogen-bond acceptors (Lipinski definition) is 7. The SMILES string of the molecule is COc1ccc(Nc2cc(C)nc(NCCNC(=O)C3CC(=O)N(c4ccc(F)cc4)C3)n2)cc1. The average molecular weight is 479 g/mol. The Morgan fingerprint density at radius 2 is 1.86 bits per heavy atom. The molecule has 0 spiro atoms. The minimum absolute atomic E-state index is 0.123. The normalized spacial score (nSPS) is 15.1. The van der Waals surface area contributed by atoms with Crippen LogP contribution >= 0.6 is 0 Å². The van der Waals surface area contributed by atoms with Crippen LogP contribution in [0.15, 0.2) is 54.6 Å². The lowest BCUT2D eigenvalue weighted by molar-refractivity contribution is -0.126. The number of methoxy groups -OCH3 is 1. The molecule has 1 aromatic heterocycles. The summed E-state index contributed by atoms with van der Waals surface area (Å²) in [7, 11) is 1.62. The van der Waals surface area contributed by atoms with Crippen molar-refractivity contribution in [2.45, 2.75) is 13.3 Å². The van der Waals surface area contributed by atoms with E-state index in [1.807, 2.05) is 37.3 Å². The summed E-state index contributed by atoms with van der Waals surface area (Å²) in [6.07, 6.45) is 0.123. The second-order valence-corrected chi connectivity index (χ2v) is 8.17. The molecule has 1 aliphatic rings. The molecule has 1 unspecified atom stereocenters. The van der Waals surface area contributed by atoms with E-state index in [4.69, 9.17) is 4.74 Å². The van der Waals surface area contributed by atoms with E-state index in [-0.39, 0.29) is 30.6 Å². The lowest BCUT2D eigenvalue weighted by Crippen LogP contribution is -2.35. The van der Waals surface area contributed by atoms with Crippen LogP contribution in [0.25, 0.3) is 0 Å². The Kier molecular flexibility index (Phi) is 7.39. The molecule has 1 saturated heterocycles. The van der Waals surface area contributed by atoms with Gasteiger partial charge >= 0.3 is 0 Å². The monoisotopic (exact) mass is 478 g/mol. The van der Waals surface area contributed by atoms with E-state index < -0.39 is 5.92 Å². The highest BCUT2D eigenvalue weighted by molar-refractivity contribution is 6.00. The van der Waals surface area contributed by atoms with Crippen molar-refractivity contribution in [3.63, 3.8) is 0 Å². The maximum Gasteiger partial charge on any atom is 0.227 e. The van der Waals surface area contributed by atoms with E-state index in [2.05, 4.69) is 25.9 Å². The average Bonchev–Trinajstić information content (AvgIpc) is 3.24. The van der Waals surface area contributed by atoms with Crippen molar-refractivity contribution in [1.29, 1.82) is 0 Å². The predicted molar refractivity (Wildman–Crippen MR) is 131 cm³/mol. The largest absolute Gasteiger partial charge is 0.497 e. The highest BCUT2D eigenvalue weighted by atomic mass is 19.1. The van der Waals surface area contributed by atoms with Gasteiger partial charge in [-0.2, -0.15) is 4.98 Å². The first-order valence-corrected chi connectivity index (χ1v) is 11.3. The van der Waals surface area contributed by atoms with E-state index in [1.165, 1.54) is 29.2 Å². The van der Waals surface area contributed by atoms with Crippen LogP contribution in [0.2, 0.25) is 0 Å². The summed E-state index contributed by atoms with van der Waals surface area (Å²) in [5.74, 6) is 0.667. The van der Waals surface area contributed by atoms with Crippen molar-refractivity contribution in [2.75, 3.05) is 42.3 Å². The Morgan fingerprint density at radius 3 is 2.57 bits per heavy atom. The van der Waals surface area contributed by atoms with Gasteiger partial charge in [0.1, 0.15) is 17.4 Å². The maximum atomic E-state index is 13.1. The quantitative estimate of drug-likeness (QED) is 0.405. The molecule has 0 aliphatic carbocycles. The summed E-state index contributed by atoms with van der Waals surface area (Å²) in [4.78, 5) is 35.3. The summed E-state index contributed by atoms with van der Waals surface area (Å²) in [6, 6.07) is 15.0. The Labute approximate surface area is 202 Å². The molecule has 3 aromatic rings. The van der Waals surface area contributed by atoms with Crippen LogP contribution in [0.3, 0.4) is 0 Å². The molecule has 0 bridgehead atoms. The highest BCUT2D eigenvalue weighted by Gasteiger charge is 2.34. The van der Waals surface area contributed by atoms with Gasteiger partial charge in [0.05, 0.1) is 13.0 Å². The van der Waals surface area contributed by atoms with Gasteiger partial charge in [-0.05, 0) is 55.5 Å². The highest BCUT2D eigenvalue weighted by Crippen LogP contribution is 2.25. The van der Waals surface area contributed by atoms with Crippen LogP contribution in [0, 0.1) is 18.7 Å². The zero-order valence-electron chi connectivity index (χ0n) is 19.5. The Bertz CT molecular complexity index is 1190. The molecule has 9 nitrogen and oxygen atoms in total. The van der Waals surface area contributed by atoms with E-state index in [1.54, 1.807) is 7.11 Å². The van der Waals surface area contributed by atoms with E-state index >= 15 is 0 Å². The van der Waals surface area contributed by atoms with Crippen molar-refractivity contribution < 1.29 is 18.7 Å². The maximum absolute atomic E-state index is 13.1. The Balaban J connectivity index is 1.26.